The van der Waals surface area contributed by atoms with Crippen LogP contribution in [-0.4, -0.2) is 14.2 Å². The number of hydrogen-bond acceptors (Lipinski definition) is 3. The summed E-state index contributed by atoms with van der Waals surface area (Å²) >= 11 is 0. The van der Waals surface area contributed by atoms with Gasteiger partial charge >= 0.3 is 0 Å². The summed E-state index contributed by atoms with van der Waals surface area (Å²) < 4.78 is 10.4. The molecule has 20 heavy (non-hydrogen) atoms. The van der Waals surface area contributed by atoms with Gasteiger partial charge in [-0.25, -0.2) is 0 Å². The molecule has 3 heteroatoms. The average molecular weight is 271 g/mol. The maximum absolute atomic E-state index is 5.26. The average Bonchev–Trinajstić information content (AvgIpc) is 2.48. The van der Waals surface area contributed by atoms with Crippen LogP contribution in [-0.2, 0) is 11.3 Å². The quantitative estimate of drug-likeness (QED) is 0.861. The lowest BCUT2D eigenvalue weighted by atomic mass is 10.1. The Hall–Kier alpha value is -2.00. The van der Waals surface area contributed by atoms with E-state index in [9.17, 15) is 0 Å². The van der Waals surface area contributed by atoms with Crippen molar-refractivity contribution in [3.8, 4) is 5.75 Å². The van der Waals surface area contributed by atoms with E-state index in [4.69, 9.17) is 9.47 Å². The summed E-state index contributed by atoms with van der Waals surface area (Å²) in [5.41, 5.74) is 3.45. The Balaban J connectivity index is 2.10. The molecule has 0 aliphatic heterocycles. The number of hydrogen-bond donors (Lipinski definition) is 1. The van der Waals surface area contributed by atoms with Crippen molar-refractivity contribution in [3.05, 3.63) is 59.7 Å². The molecule has 0 aromatic heterocycles. The second-order valence-electron chi connectivity index (χ2n) is 4.78. The van der Waals surface area contributed by atoms with Crippen LogP contribution in [0.25, 0.3) is 0 Å². The summed E-state index contributed by atoms with van der Waals surface area (Å²) in [4.78, 5) is 0. The van der Waals surface area contributed by atoms with Crippen LogP contribution in [0.1, 0.15) is 24.1 Å². The van der Waals surface area contributed by atoms with E-state index in [0.29, 0.717) is 6.61 Å². The molecule has 0 aliphatic rings. The third-order valence-electron chi connectivity index (χ3n) is 3.21. The van der Waals surface area contributed by atoms with E-state index in [1.54, 1.807) is 14.2 Å². The van der Waals surface area contributed by atoms with Crippen molar-refractivity contribution in [2.24, 2.45) is 0 Å². The fourth-order valence-electron chi connectivity index (χ4n) is 2.16. The minimum Gasteiger partial charge on any atom is -0.497 e. The predicted molar refractivity (Wildman–Crippen MR) is 82.2 cm³/mol. The third kappa shape index (κ3) is 3.75. The molecule has 0 amide bonds. The minimum absolute atomic E-state index is 0.211. The molecule has 0 saturated heterocycles. The molecule has 1 N–H and O–H groups in total. The van der Waals surface area contributed by atoms with Crippen molar-refractivity contribution in [2.75, 3.05) is 19.5 Å². The Morgan fingerprint density at radius 1 is 1.05 bits per heavy atom. The lowest BCUT2D eigenvalue weighted by molar-refractivity contribution is 0.185. The summed E-state index contributed by atoms with van der Waals surface area (Å²) in [5.74, 6) is 0.879. The van der Waals surface area contributed by atoms with Gasteiger partial charge in [-0.3, -0.25) is 0 Å². The molecule has 106 valence electrons. The van der Waals surface area contributed by atoms with Crippen LogP contribution in [0, 0.1) is 0 Å². The molecule has 0 bridgehead atoms. The highest BCUT2D eigenvalue weighted by molar-refractivity contribution is 5.48. The van der Waals surface area contributed by atoms with E-state index in [1.165, 1.54) is 5.56 Å². The van der Waals surface area contributed by atoms with Gasteiger partial charge in [0.15, 0.2) is 0 Å². The van der Waals surface area contributed by atoms with Crippen molar-refractivity contribution < 1.29 is 9.47 Å². The van der Waals surface area contributed by atoms with Gasteiger partial charge in [0.2, 0.25) is 0 Å². The fraction of sp³-hybridized carbons (Fsp3) is 0.294. The number of methoxy groups -OCH3 is 2. The van der Waals surface area contributed by atoms with E-state index < -0.39 is 0 Å². The van der Waals surface area contributed by atoms with Crippen LogP contribution >= 0.6 is 0 Å². The molecule has 2 aromatic rings. The lowest BCUT2D eigenvalue weighted by Crippen LogP contribution is -2.07. The largest absolute Gasteiger partial charge is 0.497 e. The topological polar surface area (TPSA) is 30.5 Å². The molecule has 0 heterocycles. The van der Waals surface area contributed by atoms with Crippen molar-refractivity contribution in [3.63, 3.8) is 0 Å². The van der Waals surface area contributed by atoms with E-state index in [2.05, 4.69) is 42.6 Å². The van der Waals surface area contributed by atoms with Gasteiger partial charge in [-0.2, -0.15) is 0 Å². The smallest absolute Gasteiger partial charge is 0.119 e. The van der Waals surface area contributed by atoms with Gasteiger partial charge in [-0.15, -0.1) is 0 Å². The predicted octanol–water partition coefficient (Wildman–Crippen LogP) is 4.01. The van der Waals surface area contributed by atoms with E-state index in [-0.39, 0.29) is 6.04 Å². The molecule has 1 unspecified atom stereocenters. The number of rotatable bonds is 6. The third-order valence-corrected chi connectivity index (χ3v) is 3.21. The first-order valence-corrected chi connectivity index (χ1v) is 6.71. The maximum Gasteiger partial charge on any atom is 0.119 e. The second kappa shape index (κ2) is 6.96. The zero-order valence-corrected chi connectivity index (χ0v) is 12.2. The van der Waals surface area contributed by atoms with Crippen LogP contribution in [0.2, 0.25) is 0 Å². The molecule has 2 aromatic carbocycles. The van der Waals surface area contributed by atoms with Crippen molar-refractivity contribution in [1.29, 1.82) is 0 Å². The molecule has 1 atom stereocenters. The van der Waals surface area contributed by atoms with E-state index in [0.717, 1.165) is 17.0 Å². The Labute approximate surface area is 120 Å². The fourth-order valence-corrected chi connectivity index (χ4v) is 2.16. The normalized spacial score (nSPS) is 11.9. The van der Waals surface area contributed by atoms with E-state index >= 15 is 0 Å². The lowest BCUT2D eigenvalue weighted by Gasteiger charge is -2.17. The summed E-state index contributed by atoms with van der Waals surface area (Å²) in [6.07, 6.45) is 0. The molecule has 0 aliphatic carbocycles. The molecule has 0 saturated carbocycles. The maximum atomic E-state index is 5.26. The van der Waals surface area contributed by atoms with Crippen molar-refractivity contribution >= 4 is 5.69 Å². The van der Waals surface area contributed by atoms with Gasteiger partial charge in [-0.05, 0) is 42.3 Å². The second-order valence-corrected chi connectivity index (χ2v) is 4.78. The Morgan fingerprint density at radius 3 is 2.60 bits per heavy atom. The number of anilines is 1. The minimum atomic E-state index is 0.211. The van der Waals surface area contributed by atoms with Crippen LogP contribution < -0.4 is 10.1 Å². The molecular weight excluding hydrogens is 250 g/mol. The summed E-state index contributed by atoms with van der Waals surface area (Å²) in [6, 6.07) is 16.6. The van der Waals surface area contributed by atoms with Crippen molar-refractivity contribution in [1.82, 2.24) is 0 Å². The first-order valence-electron chi connectivity index (χ1n) is 6.71. The number of nitrogens with one attached hydrogen (secondary N) is 1. The standard InChI is InChI=1S/C17H21NO2/c1-13(15-7-5-9-17(11-15)20-3)18-16-8-4-6-14(10-16)12-19-2/h4-11,13,18H,12H2,1-3H3. The van der Waals surface area contributed by atoms with Gasteiger partial charge < -0.3 is 14.8 Å². The summed E-state index contributed by atoms with van der Waals surface area (Å²) in [7, 11) is 3.39. The Morgan fingerprint density at radius 2 is 1.85 bits per heavy atom. The highest BCUT2D eigenvalue weighted by Crippen LogP contribution is 2.23. The van der Waals surface area contributed by atoms with Crippen LogP contribution in [0.5, 0.6) is 5.75 Å². The summed E-state index contributed by atoms with van der Waals surface area (Å²) in [6.45, 7) is 2.76. The molecule has 0 spiro atoms. The molecule has 0 fully saturated rings. The Bertz CT molecular complexity index is 554. The van der Waals surface area contributed by atoms with Gasteiger partial charge in [0.05, 0.1) is 13.7 Å². The van der Waals surface area contributed by atoms with Crippen molar-refractivity contribution in [2.45, 2.75) is 19.6 Å². The zero-order valence-electron chi connectivity index (χ0n) is 12.2. The zero-order chi connectivity index (χ0) is 14.4. The first-order chi connectivity index (χ1) is 9.72. The van der Waals surface area contributed by atoms with E-state index in [1.807, 2.05) is 18.2 Å². The molecule has 2 rings (SSSR count). The van der Waals surface area contributed by atoms with Gasteiger partial charge in [-0.1, -0.05) is 24.3 Å². The van der Waals surface area contributed by atoms with Gasteiger partial charge in [0.1, 0.15) is 5.75 Å². The first kappa shape index (κ1) is 14.4. The highest BCUT2D eigenvalue weighted by Gasteiger charge is 2.06. The highest BCUT2D eigenvalue weighted by atomic mass is 16.5. The van der Waals surface area contributed by atoms with Crippen LogP contribution in [0.15, 0.2) is 48.5 Å². The number of benzene rings is 2. The SMILES string of the molecule is COCc1cccc(NC(C)c2cccc(OC)c2)c1. The molecule has 0 radical (unpaired) electrons. The number of ether oxygens (including phenoxy) is 2. The van der Waals surface area contributed by atoms with Crippen LogP contribution in [0.3, 0.4) is 0 Å². The molecule has 3 nitrogen and oxygen atoms in total. The monoisotopic (exact) mass is 271 g/mol. The van der Waals surface area contributed by atoms with Crippen LogP contribution in [0.4, 0.5) is 5.69 Å². The summed E-state index contributed by atoms with van der Waals surface area (Å²) in [5, 5.41) is 3.50. The molecular formula is C17H21NO2. The van der Waals surface area contributed by atoms with Gasteiger partial charge in [0.25, 0.3) is 0 Å². The van der Waals surface area contributed by atoms with Gasteiger partial charge in [0, 0.05) is 18.8 Å². The Kier molecular flexibility index (Phi) is 5.02.